The number of anilines is 1. The molecule has 5 atom stereocenters. The van der Waals surface area contributed by atoms with Crippen LogP contribution in [0.25, 0.3) is 11.0 Å². The van der Waals surface area contributed by atoms with Gasteiger partial charge >= 0.3 is 5.97 Å². The predicted octanol–water partition coefficient (Wildman–Crippen LogP) is -0.444. The van der Waals surface area contributed by atoms with Crippen LogP contribution in [0.5, 0.6) is 0 Å². The summed E-state index contributed by atoms with van der Waals surface area (Å²) in [7, 11) is 1.34. The molecule has 0 spiro atoms. The van der Waals surface area contributed by atoms with E-state index in [2.05, 4.69) is 9.97 Å². The number of carbonyl (C=O) groups excluding carboxylic acids is 1. The fourth-order valence-corrected chi connectivity index (χ4v) is 3.22. The molecule has 5 N–H and O–H groups in total. The summed E-state index contributed by atoms with van der Waals surface area (Å²) in [5.41, 5.74) is 6.54. The molecule has 11 nitrogen and oxygen atoms in total. The zero-order chi connectivity index (χ0) is 19.9. The standard InChI is InChI=1S/C16H21N5O6/c1-6(26-7(2)22)12-10(23)11(24)16(27-12)21-4-8(14(18)25-3)9-13(17)19-5-20-15(9)21/h4-6,10-12,16,18,23-24H,1-3H3,(H2,17,19,20)/t6-,10-,11+,12+,16+/m0/s1. The molecule has 0 amide bonds. The highest BCUT2D eigenvalue weighted by Crippen LogP contribution is 2.36. The number of aliphatic hydroxyl groups excluding tert-OH is 2. The van der Waals surface area contributed by atoms with Crippen molar-refractivity contribution in [2.24, 2.45) is 0 Å². The number of ether oxygens (including phenoxy) is 3. The molecule has 1 aliphatic heterocycles. The summed E-state index contributed by atoms with van der Waals surface area (Å²) in [6.07, 6.45) is -2.67. The highest BCUT2D eigenvalue weighted by molar-refractivity contribution is 6.08. The molecule has 0 saturated carbocycles. The lowest BCUT2D eigenvalue weighted by Gasteiger charge is -2.21. The summed E-state index contributed by atoms with van der Waals surface area (Å²) in [6, 6.07) is 0. The highest BCUT2D eigenvalue weighted by atomic mass is 16.6. The van der Waals surface area contributed by atoms with Gasteiger partial charge in [0.25, 0.3) is 0 Å². The van der Waals surface area contributed by atoms with E-state index < -0.39 is 36.6 Å². The topological polar surface area (TPSA) is 166 Å². The average Bonchev–Trinajstić information content (AvgIpc) is 3.13. The maximum Gasteiger partial charge on any atom is 0.302 e. The Bertz CT molecular complexity index is 884. The van der Waals surface area contributed by atoms with Gasteiger partial charge in [-0.3, -0.25) is 10.2 Å². The number of aliphatic hydroxyl groups is 2. The second-order valence-corrected chi connectivity index (χ2v) is 6.23. The number of aromatic nitrogens is 3. The Kier molecular flexibility index (Phi) is 5.00. The summed E-state index contributed by atoms with van der Waals surface area (Å²) in [5.74, 6) is -0.564. The maximum atomic E-state index is 11.2. The van der Waals surface area contributed by atoms with Gasteiger partial charge in [0, 0.05) is 13.1 Å². The molecule has 1 fully saturated rings. The second kappa shape index (κ2) is 7.10. The first-order valence-electron chi connectivity index (χ1n) is 8.19. The quantitative estimate of drug-likeness (QED) is 0.313. The van der Waals surface area contributed by atoms with Crippen LogP contribution >= 0.6 is 0 Å². The third-order valence-electron chi connectivity index (χ3n) is 4.45. The van der Waals surface area contributed by atoms with Crippen molar-refractivity contribution in [2.45, 2.75) is 44.5 Å². The molecule has 146 valence electrons. The summed E-state index contributed by atoms with van der Waals surface area (Å²) in [6.45, 7) is 2.80. The number of hydrogen-bond acceptors (Lipinski definition) is 10. The van der Waals surface area contributed by atoms with Crippen LogP contribution in [0.4, 0.5) is 5.82 Å². The minimum atomic E-state index is -1.33. The van der Waals surface area contributed by atoms with Gasteiger partial charge < -0.3 is 34.7 Å². The van der Waals surface area contributed by atoms with Crippen LogP contribution in [0.15, 0.2) is 12.5 Å². The Morgan fingerprint density at radius 3 is 2.74 bits per heavy atom. The van der Waals surface area contributed by atoms with Gasteiger partial charge in [0.15, 0.2) is 6.23 Å². The van der Waals surface area contributed by atoms with Gasteiger partial charge in [0.1, 0.15) is 42.2 Å². The molecule has 1 saturated heterocycles. The summed E-state index contributed by atoms with van der Waals surface area (Å²) >= 11 is 0. The number of fused-ring (bicyclic) bond motifs is 1. The zero-order valence-electron chi connectivity index (χ0n) is 15.0. The van der Waals surface area contributed by atoms with E-state index in [4.69, 9.17) is 25.4 Å². The Labute approximate surface area is 154 Å². The van der Waals surface area contributed by atoms with Gasteiger partial charge in [-0.05, 0) is 6.92 Å². The van der Waals surface area contributed by atoms with E-state index in [9.17, 15) is 15.0 Å². The number of hydrogen-bond donors (Lipinski definition) is 4. The van der Waals surface area contributed by atoms with E-state index in [1.54, 1.807) is 6.92 Å². The molecule has 2 aromatic heterocycles. The molecular formula is C16H21N5O6. The Hall–Kier alpha value is -2.76. The third-order valence-corrected chi connectivity index (χ3v) is 4.45. The van der Waals surface area contributed by atoms with E-state index >= 15 is 0 Å². The lowest BCUT2D eigenvalue weighted by atomic mass is 10.1. The summed E-state index contributed by atoms with van der Waals surface area (Å²) in [4.78, 5) is 19.3. The van der Waals surface area contributed by atoms with Gasteiger partial charge in [0.2, 0.25) is 5.90 Å². The molecule has 0 bridgehead atoms. The normalized spacial score (nSPS) is 26.1. The van der Waals surface area contributed by atoms with E-state index in [1.165, 1.54) is 31.1 Å². The van der Waals surface area contributed by atoms with Crippen molar-refractivity contribution < 1.29 is 29.2 Å². The minimum absolute atomic E-state index is 0.133. The first-order chi connectivity index (χ1) is 12.8. The zero-order valence-corrected chi connectivity index (χ0v) is 15.0. The van der Waals surface area contributed by atoms with Gasteiger partial charge in [-0.25, -0.2) is 9.97 Å². The number of nitrogens with two attached hydrogens (primary N) is 1. The van der Waals surface area contributed by atoms with Gasteiger partial charge in [-0.15, -0.1) is 0 Å². The first kappa shape index (κ1) is 19.0. The van der Waals surface area contributed by atoms with E-state index in [0.717, 1.165) is 0 Å². The smallest absolute Gasteiger partial charge is 0.302 e. The number of nitrogens with zero attached hydrogens (tertiary/aromatic N) is 3. The number of nitrogens with one attached hydrogen (secondary N) is 1. The van der Waals surface area contributed by atoms with E-state index in [0.29, 0.717) is 16.6 Å². The van der Waals surface area contributed by atoms with Crippen molar-refractivity contribution >= 4 is 28.7 Å². The number of methoxy groups -OCH3 is 1. The van der Waals surface area contributed by atoms with Crippen molar-refractivity contribution in [3.8, 4) is 0 Å². The maximum absolute atomic E-state index is 11.2. The molecule has 0 unspecified atom stereocenters. The van der Waals surface area contributed by atoms with Crippen LogP contribution in [0.2, 0.25) is 0 Å². The minimum Gasteiger partial charge on any atom is -0.481 e. The van der Waals surface area contributed by atoms with E-state index in [1.807, 2.05) is 0 Å². The molecule has 27 heavy (non-hydrogen) atoms. The van der Waals surface area contributed by atoms with Crippen LogP contribution in [0, 0.1) is 5.41 Å². The fraction of sp³-hybridized carbons (Fsp3) is 0.500. The molecule has 0 radical (unpaired) electrons. The van der Waals surface area contributed by atoms with Crippen LogP contribution in [-0.4, -0.2) is 68.1 Å². The van der Waals surface area contributed by atoms with Crippen molar-refractivity contribution in [3.63, 3.8) is 0 Å². The van der Waals surface area contributed by atoms with Crippen molar-refractivity contribution in [1.29, 1.82) is 5.41 Å². The molecule has 2 aromatic rings. The summed E-state index contributed by atoms with van der Waals surface area (Å²) < 4.78 is 17.3. The lowest BCUT2D eigenvalue weighted by Crippen LogP contribution is -2.39. The number of esters is 1. The molecule has 3 heterocycles. The molecule has 1 aliphatic rings. The lowest BCUT2D eigenvalue weighted by molar-refractivity contribution is -0.157. The Balaban J connectivity index is 2.04. The Morgan fingerprint density at radius 2 is 2.11 bits per heavy atom. The van der Waals surface area contributed by atoms with Crippen LogP contribution < -0.4 is 5.73 Å². The monoisotopic (exact) mass is 379 g/mol. The van der Waals surface area contributed by atoms with Gasteiger partial charge in [0.05, 0.1) is 18.1 Å². The van der Waals surface area contributed by atoms with Crippen LogP contribution in [0.3, 0.4) is 0 Å². The molecular weight excluding hydrogens is 358 g/mol. The van der Waals surface area contributed by atoms with Gasteiger partial charge in [-0.1, -0.05) is 0 Å². The van der Waals surface area contributed by atoms with Gasteiger partial charge in [-0.2, -0.15) is 0 Å². The number of nitrogen functional groups attached to an aromatic ring is 1. The first-order valence-corrected chi connectivity index (χ1v) is 8.19. The average molecular weight is 379 g/mol. The largest absolute Gasteiger partial charge is 0.481 e. The molecule has 3 rings (SSSR count). The van der Waals surface area contributed by atoms with Crippen molar-refractivity contribution in [1.82, 2.24) is 14.5 Å². The second-order valence-electron chi connectivity index (χ2n) is 6.23. The van der Waals surface area contributed by atoms with Crippen molar-refractivity contribution in [3.05, 3.63) is 18.1 Å². The molecule has 0 aliphatic carbocycles. The van der Waals surface area contributed by atoms with E-state index in [-0.39, 0.29) is 11.7 Å². The Morgan fingerprint density at radius 1 is 1.41 bits per heavy atom. The fourth-order valence-electron chi connectivity index (χ4n) is 3.22. The van der Waals surface area contributed by atoms with Crippen molar-refractivity contribution in [2.75, 3.05) is 12.8 Å². The number of rotatable bonds is 4. The number of carbonyl (C=O) groups is 1. The van der Waals surface area contributed by atoms with Crippen LogP contribution in [-0.2, 0) is 19.0 Å². The highest BCUT2D eigenvalue weighted by Gasteiger charge is 2.47. The predicted molar refractivity (Wildman–Crippen MR) is 92.9 cm³/mol. The third kappa shape index (κ3) is 3.20. The summed E-state index contributed by atoms with van der Waals surface area (Å²) in [5, 5.41) is 29.2. The molecule has 0 aromatic carbocycles. The molecule has 11 heteroatoms. The SMILES string of the molecule is COC(=N)c1cn([C@@H]2O[C@H]([C@H](C)OC(C)=O)[C@@H](O)[C@H]2O)c2ncnc(N)c12. The van der Waals surface area contributed by atoms with Crippen LogP contribution in [0.1, 0.15) is 25.6 Å².